The molecule has 22 heavy (non-hydrogen) atoms. The van der Waals surface area contributed by atoms with Gasteiger partial charge in [0.25, 0.3) is 0 Å². The zero-order valence-electron chi connectivity index (χ0n) is 13.3. The average molecular weight is 299 g/mol. The van der Waals surface area contributed by atoms with Gasteiger partial charge in [0.2, 0.25) is 0 Å². The fraction of sp³-hybridized carbons (Fsp3) is 0.647. The van der Waals surface area contributed by atoms with E-state index in [2.05, 4.69) is 32.9 Å². The molecule has 1 N–H and O–H groups in total. The molecule has 2 aromatic rings. The Hall–Kier alpha value is -1.46. The van der Waals surface area contributed by atoms with Crippen molar-refractivity contribution >= 4 is 11.2 Å². The van der Waals surface area contributed by atoms with E-state index in [1.807, 2.05) is 12.3 Å². The van der Waals surface area contributed by atoms with E-state index in [9.17, 15) is 0 Å². The van der Waals surface area contributed by atoms with Gasteiger partial charge in [0, 0.05) is 18.8 Å². The zero-order valence-corrected chi connectivity index (χ0v) is 13.3. The van der Waals surface area contributed by atoms with Gasteiger partial charge in [0.05, 0.1) is 6.04 Å². The molecule has 2 atom stereocenters. The van der Waals surface area contributed by atoms with Crippen LogP contribution in [0.2, 0.25) is 0 Å². The van der Waals surface area contributed by atoms with Gasteiger partial charge in [-0.2, -0.15) is 0 Å². The highest BCUT2D eigenvalue weighted by molar-refractivity contribution is 5.71. The minimum Gasteiger partial charge on any atom is -0.307 e. The maximum Gasteiger partial charge on any atom is 0.160 e. The first-order valence-corrected chi connectivity index (χ1v) is 8.58. The summed E-state index contributed by atoms with van der Waals surface area (Å²) in [5, 5.41) is 3.66. The second kappa shape index (κ2) is 5.97. The molecular weight excluding hydrogens is 274 g/mol. The number of hydrogen-bond acceptors (Lipinski definition) is 4. The maximum absolute atomic E-state index is 4.96. The smallest absolute Gasteiger partial charge is 0.160 e. The Morgan fingerprint density at radius 1 is 1.23 bits per heavy atom. The van der Waals surface area contributed by atoms with Crippen LogP contribution in [-0.4, -0.2) is 46.1 Å². The van der Waals surface area contributed by atoms with E-state index in [1.54, 1.807) is 0 Å². The van der Waals surface area contributed by atoms with E-state index in [4.69, 9.17) is 4.98 Å². The van der Waals surface area contributed by atoms with Crippen LogP contribution in [-0.2, 0) is 0 Å². The summed E-state index contributed by atoms with van der Waals surface area (Å²) in [5.41, 5.74) is 2.10. The predicted octanol–water partition coefficient (Wildman–Crippen LogP) is 2.51. The first-order chi connectivity index (χ1) is 10.8. The molecule has 2 saturated heterocycles. The third-order valence-electron chi connectivity index (χ3n) is 5.06. The predicted molar refractivity (Wildman–Crippen MR) is 87.9 cm³/mol. The van der Waals surface area contributed by atoms with Gasteiger partial charge >= 0.3 is 0 Å². The number of nitrogens with one attached hydrogen (secondary N) is 1. The molecular formula is C17H25N5. The van der Waals surface area contributed by atoms with Crippen LogP contribution in [0.4, 0.5) is 0 Å². The molecule has 5 heteroatoms. The minimum absolute atomic E-state index is 0.384. The number of fused-ring (bicyclic) bond motifs is 1. The molecule has 0 amide bonds. The van der Waals surface area contributed by atoms with Gasteiger partial charge in [0.1, 0.15) is 11.3 Å². The van der Waals surface area contributed by atoms with Crippen molar-refractivity contribution in [3.8, 4) is 0 Å². The van der Waals surface area contributed by atoms with Crippen molar-refractivity contribution in [1.29, 1.82) is 0 Å². The molecule has 4 heterocycles. The summed E-state index contributed by atoms with van der Waals surface area (Å²) in [6.07, 6.45) is 8.13. The van der Waals surface area contributed by atoms with Gasteiger partial charge in [-0.1, -0.05) is 6.42 Å². The summed E-state index contributed by atoms with van der Waals surface area (Å²) in [6.45, 7) is 3.40. The van der Waals surface area contributed by atoms with E-state index in [-0.39, 0.29) is 0 Å². The van der Waals surface area contributed by atoms with Crippen LogP contribution in [0.15, 0.2) is 18.3 Å². The molecule has 2 fully saturated rings. The number of aromatic nitrogens is 3. The van der Waals surface area contributed by atoms with Crippen LogP contribution in [0.5, 0.6) is 0 Å². The fourth-order valence-electron chi connectivity index (χ4n) is 3.98. The van der Waals surface area contributed by atoms with Crippen LogP contribution in [0.1, 0.15) is 50.0 Å². The fourth-order valence-corrected chi connectivity index (χ4v) is 3.98. The largest absolute Gasteiger partial charge is 0.307 e. The van der Waals surface area contributed by atoms with Gasteiger partial charge in [-0.15, -0.1) is 0 Å². The topological polar surface area (TPSA) is 46.0 Å². The molecule has 4 rings (SSSR count). The Kier molecular flexibility index (Phi) is 3.84. The van der Waals surface area contributed by atoms with Crippen molar-refractivity contribution in [2.45, 2.75) is 44.2 Å². The number of hydrogen-bond donors (Lipinski definition) is 1. The minimum atomic E-state index is 0.384. The van der Waals surface area contributed by atoms with Gasteiger partial charge in [-0.05, 0) is 58.0 Å². The number of likely N-dealkylation sites (tertiary alicyclic amines) is 1. The third-order valence-corrected chi connectivity index (χ3v) is 5.06. The Balaban J connectivity index is 1.78. The lowest BCUT2D eigenvalue weighted by atomic mass is 10.0. The number of nitrogens with zero attached hydrogens (tertiary/aromatic N) is 4. The zero-order chi connectivity index (χ0) is 14.9. The summed E-state index contributed by atoms with van der Waals surface area (Å²) in [5.74, 6) is 1.20. The molecule has 2 unspecified atom stereocenters. The molecule has 0 bridgehead atoms. The molecule has 0 aromatic carbocycles. The molecule has 5 nitrogen and oxygen atoms in total. The molecule has 0 radical (unpaired) electrons. The standard InChI is InChI=1S/C17H25N5/c1-21-11-5-6-13(12-21)22-16-15(8-4-10-19-16)20-17(22)14-7-2-3-9-18-14/h4,8,10,13-14,18H,2-3,5-7,9,11-12H2,1H3. The third kappa shape index (κ3) is 2.52. The summed E-state index contributed by atoms with van der Waals surface area (Å²) in [6, 6.07) is 4.97. The highest BCUT2D eigenvalue weighted by atomic mass is 15.2. The highest BCUT2D eigenvalue weighted by Gasteiger charge is 2.28. The monoisotopic (exact) mass is 299 g/mol. The molecule has 0 spiro atoms. The second-order valence-electron chi connectivity index (χ2n) is 6.75. The molecule has 0 saturated carbocycles. The van der Waals surface area contributed by atoms with Crippen LogP contribution < -0.4 is 5.32 Å². The summed E-state index contributed by atoms with van der Waals surface area (Å²) in [7, 11) is 2.22. The Bertz CT molecular complexity index is 644. The molecule has 2 aliphatic rings. The molecule has 0 aliphatic carbocycles. The highest BCUT2D eigenvalue weighted by Crippen LogP contribution is 2.31. The Labute approximate surface area is 131 Å². The van der Waals surface area contributed by atoms with E-state index in [0.717, 1.165) is 24.3 Å². The summed E-state index contributed by atoms with van der Waals surface area (Å²) in [4.78, 5) is 12.0. The first kappa shape index (κ1) is 14.2. The quantitative estimate of drug-likeness (QED) is 0.925. The average Bonchev–Trinajstić information content (AvgIpc) is 2.95. The lowest BCUT2D eigenvalue weighted by Gasteiger charge is -2.33. The van der Waals surface area contributed by atoms with Crippen molar-refractivity contribution in [3.63, 3.8) is 0 Å². The number of rotatable bonds is 2. The number of pyridine rings is 1. The number of likely N-dealkylation sites (N-methyl/N-ethyl adjacent to an activating group) is 1. The van der Waals surface area contributed by atoms with E-state index >= 15 is 0 Å². The van der Waals surface area contributed by atoms with Crippen molar-refractivity contribution in [1.82, 2.24) is 24.8 Å². The number of piperidine rings is 2. The first-order valence-electron chi connectivity index (χ1n) is 8.58. The van der Waals surface area contributed by atoms with Crippen molar-refractivity contribution in [3.05, 3.63) is 24.2 Å². The van der Waals surface area contributed by atoms with Gasteiger partial charge < -0.3 is 14.8 Å². The van der Waals surface area contributed by atoms with Crippen molar-refractivity contribution in [2.24, 2.45) is 0 Å². The van der Waals surface area contributed by atoms with Gasteiger partial charge in [-0.25, -0.2) is 9.97 Å². The maximum atomic E-state index is 4.96. The molecule has 118 valence electrons. The van der Waals surface area contributed by atoms with Crippen LogP contribution in [0, 0.1) is 0 Å². The normalized spacial score (nSPS) is 27.3. The van der Waals surface area contributed by atoms with Crippen molar-refractivity contribution < 1.29 is 0 Å². The lowest BCUT2D eigenvalue weighted by molar-refractivity contribution is 0.208. The molecule has 2 aliphatic heterocycles. The van der Waals surface area contributed by atoms with Gasteiger partial charge in [-0.3, -0.25) is 0 Å². The van der Waals surface area contributed by atoms with E-state index in [0.29, 0.717) is 12.1 Å². The summed E-state index contributed by atoms with van der Waals surface area (Å²) >= 11 is 0. The van der Waals surface area contributed by atoms with E-state index in [1.165, 1.54) is 44.5 Å². The lowest BCUT2D eigenvalue weighted by Crippen LogP contribution is -2.36. The molecule has 2 aromatic heterocycles. The number of imidazole rings is 1. The SMILES string of the molecule is CN1CCCC(n2c(C3CCCCN3)nc3cccnc32)C1. The Morgan fingerprint density at radius 3 is 3.00 bits per heavy atom. The van der Waals surface area contributed by atoms with E-state index < -0.39 is 0 Å². The van der Waals surface area contributed by atoms with Crippen LogP contribution in [0.25, 0.3) is 11.2 Å². The second-order valence-corrected chi connectivity index (χ2v) is 6.75. The van der Waals surface area contributed by atoms with Gasteiger partial charge in [0.15, 0.2) is 5.65 Å². The Morgan fingerprint density at radius 2 is 2.18 bits per heavy atom. The summed E-state index contributed by atoms with van der Waals surface area (Å²) < 4.78 is 2.44. The van der Waals surface area contributed by atoms with Crippen LogP contribution in [0.3, 0.4) is 0 Å². The van der Waals surface area contributed by atoms with Crippen LogP contribution >= 0.6 is 0 Å². The van der Waals surface area contributed by atoms with Crippen molar-refractivity contribution in [2.75, 3.05) is 26.7 Å².